The number of hydrogen-bond donors (Lipinski definition) is 2. The second-order valence-corrected chi connectivity index (χ2v) is 5.76. The van der Waals surface area contributed by atoms with Crippen molar-refractivity contribution < 1.29 is 0 Å². The molecule has 0 radical (unpaired) electrons. The van der Waals surface area contributed by atoms with Gasteiger partial charge in [-0.2, -0.15) is 0 Å². The Kier molecular flexibility index (Phi) is 4.69. The fourth-order valence-electron chi connectivity index (χ4n) is 2.47. The van der Waals surface area contributed by atoms with Gasteiger partial charge in [0.15, 0.2) is 5.96 Å². The van der Waals surface area contributed by atoms with E-state index in [1.165, 1.54) is 38.5 Å². The Hall–Kier alpha value is -0.730. The third kappa shape index (κ3) is 4.57. The molecule has 2 saturated carbocycles. The maximum atomic E-state index is 4.74. The molecule has 0 amide bonds. The van der Waals surface area contributed by atoms with Crippen molar-refractivity contribution in [3.05, 3.63) is 0 Å². The highest BCUT2D eigenvalue weighted by molar-refractivity contribution is 5.80. The minimum absolute atomic E-state index is 0.694. The number of nitrogens with zero attached hydrogens (tertiary/aromatic N) is 1. The molecule has 0 atom stereocenters. The molecule has 98 valence electrons. The van der Waals surface area contributed by atoms with E-state index < -0.39 is 0 Å². The second kappa shape index (κ2) is 6.27. The predicted molar refractivity (Wildman–Crippen MR) is 73.3 cm³/mol. The maximum Gasteiger partial charge on any atom is 0.191 e. The van der Waals surface area contributed by atoms with E-state index in [0.29, 0.717) is 6.04 Å². The lowest BCUT2D eigenvalue weighted by molar-refractivity contribution is 0.296. The molecule has 3 heteroatoms. The zero-order chi connectivity index (χ0) is 12.1. The van der Waals surface area contributed by atoms with Gasteiger partial charge in [0.25, 0.3) is 0 Å². The summed E-state index contributed by atoms with van der Waals surface area (Å²) in [4.78, 5) is 4.74. The summed E-state index contributed by atoms with van der Waals surface area (Å²) in [6, 6.07) is 0.694. The van der Waals surface area contributed by atoms with Crippen LogP contribution in [0, 0.1) is 11.8 Å². The monoisotopic (exact) mass is 237 g/mol. The van der Waals surface area contributed by atoms with Crippen LogP contribution >= 0.6 is 0 Å². The Balaban J connectivity index is 1.74. The van der Waals surface area contributed by atoms with Crippen LogP contribution in [-0.4, -0.2) is 25.1 Å². The molecule has 2 fully saturated rings. The van der Waals surface area contributed by atoms with E-state index in [9.17, 15) is 0 Å². The van der Waals surface area contributed by atoms with Crippen molar-refractivity contribution in [1.29, 1.82) is 0 Å². The molecule has 17 heavy (non-hydrogen) atoms. The second-order valence-electron chi connectivity index (χ2n) is 5.76. The summed E-state index contributed by atoms with van der Waals surface area (Å²) in [6.07, 6.45) is 8.15. The Morgan fingerprint density at radius 3 is 2.41 bits per heavy atom. The van der Waals surface area contributed by atoms with Crippen LogP contribution in [0.15, 0.2) is 4.99 Å². The minimum atomic E-state index is 0.694. The molecule has 0 aromatic carbocycles. The summed E-state index contributed by atoms with van der Waals surface area (Å²) in [7, 11) is 0. The van der Waals surface area contributed by atoms with Gasteiger partial charge < -0.3 is 10.6 Å². The van der Waals surface area contributed by atoms with Crippen LogP contribution < -0.4 is 10.6 Å². The molecular formula is C14H27N3. The largest absolute Gasteiger partial charge is 0.357 e. The van der Waals surface area contributed by atoms with Gasteiger partial charge in [0.1, 0.15) is 0 Å². The summed E-state index contributed by atoms with van der Waals surface area (Å²) in [5, 5.41) is 6.82. The molecule has 0 aliphatic heterocycles. The summed E-state index contributed by atoms with van der Waals surface area (Å²) in [5.74, 6) is 2.79. The van der Waals surface area contributed by atoms with Crippen molar-refractivity contribution in [3.8, 4) is 0 Å². The highest BCUT2D eigenvalue weighted by Crippen LogP contribution is 2.28. The zero-order valence-electron chi connectivity index (χ0n) is 11.3. The van der Waals surface area contributed by atoms with Crippen LogP contribution in [0.3, 0.4) is 0 Å². The molecule has 0 aromatic heterocycles. The SMILES string of the molecule is CCNC(=NCC1CCC(C)CC1)NC1CC1. The fraction of sp³-hybridized carbons (Fsp3) is 0.929. The average Bonchev–Trinajstić information content (AvgIpc) is 3.12. The van der Waals surface area contributed by atoms with Gasteiger partial charge in [0.05, 0.1) is 0 Å². The summed E-state index contributed by atoms with van der Waals surface area (Å²) >= 11 is 0. The molecular weight excluding hydrogens is 210 g/mol. The molecule has 2 rings (SSSR count). The molecule has 0 aromatic rings. The highest BCUT2D eigenvalue weighted by atomic mass is 15.2. The van der Waals surface area contributed by atoms with Gasteiger partial charge in [-0.05, 0) is 44.4 Å². The van der Waals surface area contributed by atoms with E-state index in [-0.39, 0.29) is 0 Å². The minimum Gasteiger partial charge on any atom is -0.357 e. The van der Waals surface area contributed by atoms with Gasteiger partial charge in [0.2, 0.25) is 0 Å². The van der Waals surface area contributed by atoms with E-state index in [0.717, 1.165) is 30.9 Å². The average molecular weight is 237 g/mol. The summed E-state index contributed by atoms with van der Waals surface area (Å²) in [5.41, 5.74) is 0. The first kappa shape index (κ1) is 12.7. The Morgan fingerprint density at radius 2 is 1.82 bits per heavy atom. The molecule has 2 aliphatic carbocycles. The van der Waals surface area contributed by atoms with Crippen LogP contribution in [0.5, 0.6) is 0 Å². The lowest BCUT2D eigenvalue weighted by Gasteiger charge is -2.25. The topological polar surface area (TPSA) is 36.4 Å². The van der Waals surface area contributed by atoms with E-state index in [1.54, 1.807) is 0 Å². The van der Waals surface area contributed by atoms with Crippen LogP contribution in [0.25, 0.3) is 0 Å². The number of aliphatic imine (C=N–C) groups is 1. The van der Waals surface area contributed by atoms with Gasteiger partial charge in [-0.15, -0.1) is 0 Å². The normalized spacial score (nSPS) is 30.1. The lowest BCUT2D eigenvalue weighted by Crippen LogP contribution is -2.39. The van der Waals surface area contributed by atoms with Crippen LogP contribution in [0.2, 0.25) is 0 Å². The third-order valence-corrected chi connectivity index (χ3v) is 3.91. The zero-order valence-corrected chi connectivity index (χ0v) is 11.3. The van der Waals surface area contributed by atoms with Crippen molar-refractivity contribution >= 4 is 5.96 Å². The van der Waals surface area contributed by atoms with E-state index in [4.69, 9.17) is 4.99 Å². The van der Waals surface area contributed by atoms with E-state index >= 15 is 0 Å². The standard InChI is InChI=1S/C14H27N3/c1-3-15-14(17-13-8-9-13)16-10-12-6-4-11(2)5-7-12/h11-13H,3-10H2,1-2H3,(H2,15,16,17). The maximum absolute atomic E-state index is 4.74. The molecule has 0 unspecified atom stereocenters. The van der Waals surface area contributed by atoms with Crippen LogP contribution in [-0.2, 0) is 0 Å². The van der Waals surface area contributed by atoms with E-state index in [1.807, 2.05) is 0 Å². The Bertz CT molecular complexity index is 250. The van der Waals surface area contributed by atoms with Crippen molar-refractivity contribution in [2.45, 2.75) is 58.4 Å². The van der Waals surface area contributed by atoms with Gasteiger partial charge in [-0.3, -0.25) is 4.99 Å². The lowest BCUT2D eigenvalue weighted by atomic mass is 9.83. The van der Waals surface area contributed by atoms with Gasteiger partial charge in [0, 0.05) is 19.1 Å². The smallest absolute Gasteiger partial charge is 0.191 e. The van der Waals surface area contributed by atoms with Crippen molar-refractivity contribution in [2.24, 2.45) is 16.8 Å². The number of guanidine groups is 1. The predicted octanol–water partition coefficient (Wildman–Crippen LogP) is 2.53. The number of hydrogen-bond acceptors (Lipinski definition) is 1. The van der Waals surface area contributed by atoms with Crippen LogP contribution in [0.1, 0.15) is 52.4 Å². The molecule has 3 nitrogen and oxygen atoms in total. The molecule has 0 bridgehead atoms. The summed E-state index contributed by atoms with van der Waals surface area (Å²) in [6.45, 7) is 6.47. The van der Waals surface area contributed by atoms with Crippen LogP contribution in [0.4, 0.5) is 0 Å². The Morgan fingerprint density at radius 1 is 1.12 bits per heavy atom. The van der Waals surface area contributed by atoms with Crippen molar-refractivity contribution in [3.63, 3.8) is 0 Å². The molecule has 0 heterocycles. The fourth-order valence-corrected chi connectivity index (χ4v) is 2.47. The highest BCUT2D eigenvalue weighted by Gasteiger charge is 2.22. The van der Waals surface area contributed by atoms with Crippen molar-refractivity contribution in [2.75, 3.05) is 13.1 Å². The first-order valence-electron chi connectivity index (χ1n) is 7.32. The van der Waals surface area contributed by atoms with Crippen molar-refractivity contribution in [1.82, 2.24) is 10.6 Å². The van der Waals surface area contributed by atoms with Gasteiger partial charge in [-0.25, -0.2) is 0 Å². The summed E-state index contributed by atoms with van der Waals surface area (Å²) < 4.78 is 0. The number of rotatable bonds is 4. The molecule has 2 N–H and O–H groups in total. The quantitative estimate of drug-likeness (QED) is 0.582. The third-order valence-electron chi connectivity index (χ3n) is 3.91. The number of nitrogens with one attached hydrogen (secondary N) is 2. The molecule has 0 spiro atoms. The Labute approximate surface area is 105 Å². The van der Waals surface area contributed by atoms with E-state index in [2.05, 4.69) is 24.5 Å². The van der Waals surface area contributed by atoms with Gasteiger partial charge >= 0.3 is 0 Å². The first-order chi connectivity index (χ1) is 8.28. The van der Waals surface area contributed by atoms with Gasteiger partial charge in [-0.1, -0.05) is 19.8 Å². The first-order valence-corrected chi connectivity index (χ1v) is 7.32. The molecule has 0 saturated heterocycles. The molecule has 2 aliphatic rings.